The molecule has 3 heterocycles. The maximum atomic E-state index is 12.6. The minimum absolute atomic E-state index is 0.231. The van der Waals surface area contributed by atoms with Gasteiger partial charge < -0.3 is 9.80 Å². The van der Waals surface area contributed by atoms with Gasteiger partial charge in [-0.15, -0.1) is 0 Å². The van der Waals surface area contributed by atoms with Gasteiger partial charge in [-0.25, -0.2) is 9.97 Å². The zero-order valence-electron chi connectivity index (χ0n) is 15.0. The van der Waals surface area contributed by atoms with Crippen molar-refractivity contribution >= 4 is 11.7 Å². The third-order valence-corrected chi connectivity index (χ3v) is 4.83. The molecule has 0 N–H and O–H groups in total. The van der Waals surface area contributed by atoms with Gasteiger partial charge in [-0.05, 0) is 44.4 Å². The van der Waals surface area contributed by atoms with Crippen LogP contribution in [0.2, 0.25) is 0 Å². The topological polar surface area (TPSA) is 62.2 Å². The van der Waals surface area contributed by atoms with Crippen molar-refractivity contribution in [1.29, 1.82) is 0 Å². The van der Waals surface area contributed by atoms with Gasteiger partial charge in [0.15, 0.2) is 0 Å². The highest BCUT2D eigenvalue weighted by Crippen LogP contribution is 2.20. The summed E-state index contributed by atoms with van der Waals surface area (Å²) in [5, 5.41) is 0. The van der Waals surface area contributed by atoms with Crippen molar-refractivity contribution in [2.45, 2.75) is 33.1 Å². The molecule has 132 valence electrons. The molecular formula is C19H25N5O. The van der Waals surface area contributed by atoms with Gasteiger partial charge in [-0.3, -0.25) is 9.78 Å². The predicted octanol–water partition coefficient (Wildman–Crippen LogP) is 2.16. The number of aromatic nitrogens is 3. The van der Waals surface area contributed by atoms with Gasteiger partial charge in [-0.1, -0.05) is 0 Å². The summed E-state index contributed by atoms with van der Waals surface area (Å²) in [7, 11) is 0. The van der Waals surface area contributed by atoms with E-state index >= 15 is 0 Å². The molecule has 0 atom stereocenters. The van der Waals surface area contributed by atoms with Crippen molar-refractivity contribution < 1.29 is 4.79 Å². The Morgan fingerprint density at radius 3 is 2.68 bits per heavy atom. The average molecular weight is 339 g/mol. The summed E-state index contributed by atoms with van der Waals surface area (Å²) in [6.45, 7) is 7.37. The first-order valence-electron chi connectivity index (χ1n) is 8.85. The van der Waals surface area contributed by atoms with E-state index < -0.39 is 0 Å². The molecule has 25 heavy (non-hydrogen) atoms. The van der Waals surface area contributed by atoms with Crippen LogP contribution < -0.4 is 4.90 Å². The van der Waals surface area contributed by atoms with Gasteiger partial charge in [-0.2, -0.15) is 0 Å². The molecule has 0 aliphatic carbocycles. The molecule has 1 amide bonds. The Kier molecular flexibility index (Phi) is 5.58. The molecule has 0 saturated carbocycles. The summed E-state index contributed by atoms with van der Waals surface area (Å²) in [6, 6.07) is 3.94. The molecule has 0 spiro atoms. The molecule has 6 nitrogen and oxygen atoms in total. The molecule has 0 radical (unpaired) electrons. The Bertz CT molecular complexity index is 719. The lowest BCUT2D eigenvalue weighted by Crippen LogP contribution is -2.35. The fraction of sp³-hybridized carbons (Fsp3) is 0.474. The normalized spacial score (nSPS) is 15.1. The summed E-state index contributed by atoms with van der Waals surface area (Å²) >= 11 is 0. The Labute approximate surface area is 148 Å². The molecule has 1 aliphatic heterocycles. The second kappa shape index (κ2) is 8.05. The Morgan fingerprint density at radius 1 is 1.08 bits per heavy atom. The van der Waals surface area contributed by atoms with Gasteiger partial charge in [0.25, 0.3) is 0 Å². The summed E-state index contributed by atoms with van der Waals surface area (Å²) in [5.74, 6) is 1.23. The first-order valence-corrected chi connectivity index (χ1v) is 8.85. The Balaban J connectivity index is 1.57. The second-order valence-corrected chi connectivity index (χ2v) is 6.48. The lowest BCUT2D eigenvalue weighted by Gasteiger charge is -2.24. The smallest absolute Gasteiger partial charge is 0.222 e. The molecule has 2 aromatic rings. The first kappa shape index (κ1) is 17.3. The van der Waals surface area contributed by atoms with Crippen LogP contribution in [0.25, 0.3) is 0 Å². The SMILES string of the molecule is Cc1ncnc(N2CCCN(C(=O)CCc3ccncc3)CC2)c1C. The summed E-state index contributed by atoms with van der Waals surface area (Å²) in [6.07, 6.45) is 7.45. The number of hydrogen-bond acceptors (Lipinski definition) is 5. The van der Waals surface area contributed by atoms with Crippen LogP contribution in [-0.4, -0.2) is 51.9 Å². The van der Waals surface area contributed by atoms with Gasteiger partial charge in [0.05, 0.1) is 0 Å². The molecule has 1 fully saturated rings. The van der Waals surface area contributed by atoms with Crippen LogP contribution in [0.3, 0.4) is 0 Å². The molecule has 0 aromatic carbocycles. The van der Waals surface area contributed by atoms with Crippen LogP contribution in [0, 0.1) is 13.8 Å². The highest BCUT2D eigenvalue weighted by atomic mass is 16.2. The number of carbonyl (C=O) groups is 1. The summed E-state index contributed by atoms with van der Waals surface area (Å²) in [4.78, 5) is 29.5. The van der Waals surface area contributed by atoms with Crippen molar-refractivity contribution in [3.8, 4) is 0 Å². The average Bonchev–Trinajstić information content (AvgIpc) is 2.89. The zero-order valence-corrected chi connectivity index (χ0v) is 15.0. The van der Waals surface area contributed by atoms with Crippen molar-refractivity contribution in [1.82, 2.24) is 19.9 Å². The maximum absolute atomic E-state index is 12.6. The number of anilines is 1. The predicted molar refractivity (Wildman–Crippen MR) is 97.5 cm³/mol. The zero-order chi connectivity index (χ0) is 17.6. The molecule has 0 bridgehead atoms. The van der Waals surface area contributed by atoms with E-state index in [1.54, 1.807) is 18.7 Å². The Hall–Kier alpha value is -2.50. The summed E-state index contributed by atoms with van der Waals surface area (Å²) in [5.41, 5.74) is 3.30. The van der Waals surface area contributed by atoms with Crippen LogP contribution in [0.5, 0.6) is 0 Å². The van der Waals surface area contributed by atoms with Crippen LogP contribution in [-0.2, 0) is 11.2 Å². The monoisotopic (exact) mass is 339 g/mol. The summed E-state index contributed by atoms with van der Waals surface area (Å²) < 4.78 is 0. The Morgan fingerprint density at radius 2 is 1.88 bits per heavy atom. The van der Waals surface area contributed by atoms with Crippen molar-refractivity contribution in [3.63, 3.8) is 0 Å². The van der Waals surface area contributed by atoms with Gasteiger partial charge >= 0.3 is 0 Å². The number of nitrogens with zero attached hydrogens (tertiary/aromatic N) is 5. The molecule has 2 aromatic heterocycles. The molecule has 3 rings (SSSR count). The molecule has 1 aliphatic rings. The van der Waals surface area contributed by atoms with E-state index in [0.717, 1.165) is 61.7 Å². The first-order chi connectivity index (χ1) is 12.1. The van der Waals surface area contributed by atoms with Crippen LogP contribution in [0.4, 0.5) is 5.82 Å². The molecule has 0 unspecified atom stereocenters. The number of amides is 1. The highest BCUT2D eigenvalue weighted by Gasteiger charge is 2.21. The quantitative estimate of drug-likeness (QED) is 0.854. The van der Waals surface area contributed by atoms with Gasteiger partial charge in [0.1, 0.15) is 12.1 Å². The maximum Gasteiger partial charge on any atom is 0.222 e. The second-order valence-electron chi connectivity index (χ2n) is 6.48. The van der Waals surface area contributed by atoms with Crippen molar-refractivity contribution in [3.05, 3.63) is 47.7 Å². The standard InChI is InChI=1S/C19H25N5O/c1-15-16(2)21-14-22-19(15)24-11-3-10-23(12-13-24)18(25)5-4-17-6-8-20-9-7-17/h6-9,14H,3-5,10-13H2,1-2H3. The van der Waals surface area contributed by atoms with E-state index in [1.807, 2.05) is 24.0 Å². The largest absolute Gasteiger partial charge is 0.354 e. The lowest BCUT2D eigenvalue weighted by molar-refractivity contribution is -0.130. The van der Waals surface area contributed by atoms with E-state index in [2.05, 4.69) is 26.8 Å². The van der Waals surface area contributed by atoms with E-state index in [0.29, 0.717) is 6.42 Å². The van der Waals surface area contributed by atoms with E-state index in [9.17, 15) is 4.79 Å². The molecule has 6 heteroatoms. The van der Waals surface area contributed by atoms with E-state index in [4.69, 9.17) is 0 Å². The van der Waals surface area contributed by atoms with Crippen LogP contribution >= 0.6 is 0 Å². The van der Waals surface area contributed by atoms with E-state index in [-0.39, 0.29) is 5.91 Å². The minimum atomic E-state index is 0.231. The number of hydrogen-bond donors (Lipinski definition) is 0. The molecular weight excluding hydrogens is 314 g/mol. The van der Waals surface area contributed by atoms with Gasteiger partial charge in [0.2, 0.25) is 5.91 Å². The third kappa shape index (κ3) is 4.32. The fourth-order valence-electron chi connectivity index (χ4n) is 3.18. The number of aryl methyl sites for hydroxylation is 2. The van der Waals surface area contributed by atoms with Crippen molar-refractivity contribution in [2.24, 2.45) is 0 Å². The highest BCUT2D eigenvalue weighted by molar-refractivity contribution is 5.76. The number of carbonyl (C=O) groups excluding carboxylic acids is 1. The fourth-order valence-corrected chi connectivity index (χ4v) is 3.18. The van der Waals surface area contributed by atoms with Crippen molar-refractivity contribution in [2.75, 3.05) is 31.1 Å². The van der Waals surface area contributed by atoms with Crippen LogP contribution in [0.15, 0.2) is 30.9 Å². The number of pyridine rings is 1. The van der Waals surface area contributed by atoms with Crippen LogP contribution in [0.1, 0.15) is 29.7 Å². The minimum Gasteiger partial charge on any atom is -0.354 e. The number of rotatable bonds is 4. The third-order valence-electron chi connectivity index (χ3n) is 4.83. The molecule has 1 saturated heterocycles. The van der Waals surface area contributed by atoms with E-state index in [1.165, 1.54) is 0 Å². The lowest BCUT2D eigenvalue weighted by atomic mass is 10.1. The van der Waals surface area contributed by atoms with Gasteiger partial charge in [0, 0.05) is 56.3 Å².